The van der Waals surface area contributed by atoms with Gasteiger partial charge in [0.15, 0.2) is 0 Å². The zero-order valence-electron chi connectivity index (χ0n) is 10.8. The molecule has 104 valence electrons. The molecule has 1 aromatic heterocycles. The Bertz CT molecular complexity index is 598. The van der Waals surface area contributed by atoms with Gasteiger partial charge in [-0.2, -0.15) is 11.8 Å². The van der Waals surface area contributed by atoms with Crippen molar-refractivity contribution >= 4 is 46.3 Å². The number of alkyl halides is 1. The number of carbonyl (C=O) groups is 1. The molecule has 0 aliphatic carbocycles. The first kappa shape index (κ1) is 14.0. The van der Waals surface area contributed by atoms with E-state index in [2.05, 4.69) is 5.32 Å². The Morgan fingerprint density at radius 2 is 2.10 bits per heavy atom. The van der Waals surface area contributed by atoms with E-state index in [9.17, 15) is 4.79 Å². The van der Waals surface area contributed by atoms with Crippen LogP contribution in [0.2, 0.25) is 0 Å². The Balaban J connectivity index is 1.73. The number of aryl methyl sites for hydroxylation is 1. The van der Waals surface area contributed by atoms with Gasteiger partial charge >= 0.3 is 0 Å². The zero-order valence-corrected chi connectivity index (χ0v) is 13.2. The standard InChI is InChI=1S/C15H14ClNOS2/c16-8-10-1-3-12(4-2-10)17-15(18)14-7-11-9-19-6-5-13(11)20-14/h1-4,7H,5-6,8-9H2,(H,17,18). The van der Waals surface area contributed by atoms with Crippen molar-refractivity contribution in [2.45, 2.75) is 18.1 Å². The minimum atomic E-state index is -0.0203. The molecule has 2 heterocycles. The van der Waals surface area contributed by atoms with E-state index in [4.69, 9.17) is 11.6 Å². The van der Waals surface area contributed by atoms with E-state index in [0.717, 1.165) is 34.1 Å². The van der Waals surface area contributed by atoms with Crippen LogP contribution in [0.15, 0.2) is 30.3 Å². The fourth-order valence-electron chi connectivity index (χ4n) is 2.13. The zero-order chi connectivity index (χ0) is 13.9. The molecule has 0 saturated carbocycles. The molecule has 0 saturated heterocycles. The first-order valence-corrected chi connectivity index (χ1v) is 8.92. The largest absolute Gasteiger partial charge is 0.321 e. The summed E-state index contributed by atoms with van der Waals surface area (Å²) in [6.45, 7) is 0. The van der Waals surface area contributed by atoms with Gasteiger partial charge in [0.1, 0.15) is 0 Å². The van der Waals surface area contributed by atoms with E-state index >= 15 is 0 Å². The Morgan fingerprint density at radius 3 is 2.80 bits per heavy atom. The smallest absolute Gasteiger partial charge is 0.265 e. The molecule has 1 aliphatic heterocycles. The Labute approximate surface area is 131 Å². The molecule has 0 bridgehead atoms. The molecule has 1 amide bonds. The summed E-state index contributed by atoms with van der Waals surface area (Å²) in [6, 6.07) is 9.67. The highest BCUT2D eigenvalue weighted by Gasteiger charge is 2.17. The Hall–Kier alpha value is -0.970. The second-order valence-corrected chi connectivity index (χ2v) is 7.16. The quantitative estimate of drug-likeness (QED) is 0.841. The highest BCUT2D eigenvalue weighted by Crippen LogP contribution is 2.32. The van der Waals surface area contributed by atoms with Crippen molar-refractivity contribution in [2.75, 3.05) is 11.1 Å². The fraction of sp³-hybridized carbons (Fsp3) is 0.267. The van der Waals surface area contributed by atoms with Gasteiger partial charge in [0.05, 0.1) is 4.88 Å². The Morgan fingerprint density at radius 1 is 1.30 bits per heavy atom. The van der Waals surface area contributed by atoms with E-state index in [0.29, 0.717) is 5.88 Å². The maximum atomic E-state index is 12.3. The van der Waals surface area contributed by atoms with Crippen LogP contribution in [0.1, 0.15) is 25.7 Å². The lowest BCUT2D eigenvalue weighted by molar-refractivity contribution is 0.103. The molecule has 5 heteroatoms. The fourth-order valence-corrected chi connectivity index (χ4v) is 4.57. The minimum Gasteiger partial charge on any atom is -0.321 e. The number of rotatable bonds is 3. The third-order valence-corrected chi connectivity index (χ3v) is 5.77. The lowest BCUT2D eigenvalue weighted by Crippen LogP contribution is -2.09. The number of benzene rings is 1. The van der Waals surface area contributed by atoms with E-state index in [1.807, 2.05) is 42.1 Å². The predicted molar refractivity (Wildman–Crippen MR) is 88.1 cm³/mol. The summed E-state index contributed by atoms with van der Waals surface area (Å²) in [5.74, 6) is 2.66. The van der Waals surface area contributed by atoms with Crippen molar-refractivity contribution in [3.05, 3.63) is 51.2 Å². The van der Waals surface area contributed by atoms with Crippen molar-refractivity contribution in [3.63, 3.8) is 0 Å². The van der Waals surface area contributed by atoms with Crippen molar-refractivity contribution < 1.29 is 4.79 Å². The van der Waals surface area contributed by atoms with E-state index < -0.39 is 0 Å². The van der Waals surface area contributed by atoms with Crippen LogP contribution in [0.3, 0.4) is 0 Å². The number of amides is 1. The first-order chi connectivity index (χ1) is 9.76. The molecule has 1 aromatic carbocycles. The summed E-state index contributed by atoms with van der Waals surface area (Å²) >= 11 is 9.31. The highest BCUT2D eigenvalue weighted by atomic mass is 35.5. The van der Waals surface area contributed by atoms with Gasteiger partial charge in [-0.3, -0.25) is 4.79 Å². The van der Waals surface area contributed by atoms with Crippen LogP contribution in [0.25, 0.3) is 0 Å². The molecule has 0 spiro atoms. The number of thioether (sulfide) groups is 1. The number of hydrogen-bond donors (Lipinski definition) is 1. The lowest BCUT2D eigenvalue weighted by atomic mass is 10.2. The van der Waals surface area contributed by atoms with Crippen molar-refractivity contribution in [2.24, 2.45) is 0 Å². The van der Waals surface area contributed by atoms with Crippen molar-refractivity contribution in [1.29, 1.82) is 0 Å². The number of hydrogen-bond acceptors (Lipinski definition) is 3. The molecule has 1 N–H and O–H groups in total. The van der Waals surface area contributed by atoms with E-state index in [1.165, 1.54) is 10.4 Å². The van der Waals surface area contributed by atoms with Gasteiger partial charge in [0.2, 0.25) is 0 Å². The number of anilines is 1. The predicted octanol–water partition coefficient (Wildman–Crippen LogP) is 4.53. The summed E-state index contributed by atoms with van der Waals surface area (Å²) < 4.78 is 0. The van der Waals surface area contributed by atoms with E-state index in [1.54, 1.807) is 11.3 Å². The maximum Gasteiger partial charge on any atom is 0.265 e. The van der Waals surface area contributed by atoms with Gasteiger partial charge < -0.3 is 5.32 Å². The van der Waals surface area contributed by atoms with Crippen LogP contribution in [-0.2, 0) is 18.1 Å². The van der Waals surface area contributed by atoms with Crippen LogP contribution < -0.4 is 5.32 Å². The average molecular weight is 324 g/mol. The molecule has 2 nitrogen and oxygen atoms in total. The first-order valence-electron chi connectivity index (χ1n) is 6.42. The summed E-state index contributed by atoms with van der Waals surface area (Å²) in [4.78, 5) is 14.4. The van der Waals surface area contributed by atoms with E-state index in [-0.39, 0.29) is 5.91 Å². The molecule has 0 unspecified atom stereocenters. The third kappa shape index (κ3) is 3.03. The number of halogens is 1. The molecule has 2 aromatic rings. The molecule has 3 rings (SSSR count). The van der Waals surface area contributed by atoms with Gasteiger partial charge in [0, 0.05) is 22.2 Å². The minimum absolute atomic E-state index is 0.0203. The normalized spacial score (nSPS) is 13.8. The number of fused-ring (bicyclic) bond motifs is 1. The summed E-state index contributed by atoms with van der Waals surface area (Å²) in [6.07, 6.45) is 1.09. The molecule has 0 radical (unpaired) electrons. The van der Waals surface area contributed by atoms with Crippen molar-refractivity contribution in [1.82, 2.24) is 0 Å². The summed E-state index contributed by atoms with van der Waals surface area (Å²) in [5.41, 5.74) is 3.19. The van der Waals surface area contributed by atoms with Crippen LogP contribution in [0, 0.1) is 0 Å². The molecule has 0 fully saturated rings. The summed E-state index contributed by atoms with van der Waals surface area (Å²) in [5, 5.41) is 2.94. The highest BCUT2D eigenvalue weighted by molar-refractivity contribution is 7.98. The van der Waals surface area contributed by atoms with Crippen LogP contribution in [0.5, 0.6) is 0 Å². The number of thiophene rings is 1. The van der Waals surface area contributed by atoms with Crippen LogP contribution >= 0.6 is 34.7 Å². The molecule has 1 aliphatic rings. The van der Waals surface area contributed by atoms with Gasteiger partial charge in [-0.05, 0) is 41.5 Å². The monoisotopic (exact) mass is 323 g/mol. The third-order valence-electron chi connectivity index (χ3n) is 3.22. The van der Waals surface area contributed by atoms with Gasteiger partial charge in [-0.1, -0.05) is 12.1 Å². The van der Waals surface area contributed by atoms with Crippen molar-refractivity contribution in [3.8, 4) is 0 Å². The summed E-state index contributed by atoms with van der Waals surface area (Å²) in [7, 11) is 0. The lowest BCUT2D eigenvalue weighted by Gasteiger charge is -2.08. The molecular formula is C15H14ClNOS2. The SMILES string of the molecule is O=C(Nc1ccc(CCl)cc1)c1cc2c(s1)CCSC2. The van der Waals surface area contributed by atoms with Gasteiger partial charge in [-0.15, -0.1) is 22.9 Å². The molecule has 20 heavy (non-hydrogen) atoms. The number of carbonyl (C=O) groups excluding carboxylic acids is 1. The van der Waals surface area contributed by atoms with Gasteiger partial charge in [-0.25, -0.2) is 0 Å². The average Bonchev–Trinajstić information content (AvgIpc) is 2.92. The maximum absolute atomic E-state index is 12.3. The molecule has 0 atom stereocenters. The second kappa shape index (κ2) is 6.20. The van der Waals surface area contributed by atoms with Gasteiger partial charge in [0.25, 0.3) is 5.91 Å². The molecular weight excluding hydrogens is 310 g/mol. The van der Waals surface area contributed by atoms with Crippen LogP contribution in [0.4, 0.5) is 5.69 Å². The van der Waals surface area contributed by atoms with Crippen LogP contribution in [-0.4, -0.2) is 11.7 Å². The number of nitrogens with one attached hydrogen (secondary N) is 1. The Kier molecular flexibility index (Phi) is 4.34. The topological polar surface area (TPSA) is 29.1 Å². The second-order valence-electron chi connectivity index (χ2n) is 4.65.